The third-order valence-corrected chi connectivity index (χ3v) is 3.57. The molecule has 0 saturated heterocycles. The van der Waals surface area contributed by atoms with Crippen molar-refractivity contribution in [3.05, 3.63) is 28.2 Å². The molecule has 0 bridgehead atoms. The van der Waals surface area contributed by atoms with Crippen molar-refractivity contribution in [3.63, 3.8) is 0 Å². The lowest BCUT2D eigenvalue weighted by Gasteiger charge is -2.23. The molecule has 5 nitrogen and oxygen atoms in total. The molecule has 1 aromatic carbocycles. The molecule has 0 fully saturated rings. The fraction of sp³-hybridized carbons (Fsp3) is 0.429. The molecule has 0 unspecified atom stereocenters. The first-order chi connectivity index (χ1) is 9.36. The molecule has 0 aromatic heterocycles. The van der Waals surface area contributed by atoms with Gasteiger partial charge in [-0.3, -0.25) is 9.59 Å². The van der Waals surface area contributed by atoms with Gasteiger partial charge in [-0.1, -0.05) is 6.92 Å². The maximum Gasteiger partial charge on any atom is 0.254 e. The normalized spacial score (nSPS) is 10.2. The van der Waals surface area contributed by atoms with Gasteiger partial charge in [0.05, 0.1) is 0 Å². The lowest BCUT2D eigenvalue weighted by Crippen LogP contribution is -2.40. The second-order valence-electron chi connectivity index (χ2n) is 4.75. The van der Waals surface area contributed by atoms with Crippen LogP contribution in [-0.2, 0) is 4.79 Å². The number of likely N-dealkylation sites (N-methyl/N-ethyl adjacent to an activating group) is 1. The van der Waals surface area contributed by atoms with Gasteiger partial charge in [0.1, 0.15) is 6.54 Å². The van der Waals surface area contributed by atoms with Crippen LogP contribution in [0.4, 0.5) is 5.69 Å². The largest absolute Gasteiger partial charge is 0.398 e. The van der Waals surface area contributed by atoms with E-state index in [9.17, 15) is 9.59 Å². The van der Waals surface area contributed by atoms with E-state index in [0.717, 1.165) is 10.9 Å². The summed E-state index contributed by atoms with van der Waals surface area (Å²) in [6, 6.07) is 5.06. The predicted octanol–water partition coefficient (Wildman–Crippen LogP) is 1.97. The second kappa shape index (κ2) is 7.28. The van der Waals surface area contributed by atoms with E-state index in [2.05, 4.69) is 15.9 Å². The molecule has 0 heterocycles. The number of benzene rings is 1. The Morgan fingerprint density at radius 3 is 2.45 bits per heavy atom. The minimum atomic E-state index is -0.179. The average Bonchev–Trinajstić information content (AvgIpc) is 2.40. The van der Waals surface area contributed by atoms with Gasteiger partial charge >= 0.3 is 0 Å². The van der Waals surface area contributed by atoms with E-state index in [0.29, 0.717) is 17.8 Å². The predicted molar refractivity (Wildman–Crippen MR) is 83.4 cm³/mol. The van der Waals surface area contributed by atoms with Gasteiger partial charge in [-0.25, -0.2) is 0 Å². The zero-order valence-corrected chi connectivity index (χ0v) is 13.6. The molecule has 2 amide bonds. The lowest BCUT2D eigenvalue weighted by molar-refractivity contribution is -0.129. The standard InChI is InChI=1S/C14H20BrN3O2/c1-4-7-18(9-13(19)17(2)3)14(20)10-5-6-11(15)12(16)8-10/h5-6,8H,4,7,9,16H2,1-3H3. The fourth-order valence-corrected chi connectivity index (χ4v) is 1.93. The summed E-state index contributed by atoms with van der Waals surface area (Å²) in [5.41, 5.74) is 6.79. The topological polar surface area (TPSA) is 66.6 Å². The molecule has 110 valence electrons. The highest BCUT2D eigenvalue weighted by atomic mass is 79.9. The fourth-order valence-electron chi connectivity index (χ4n) is 1.69. The Balaban J connectivity index is 2.92. The summed E-state index contributed by atoms with van der Waals surface area (Å²) in [6.07, 6.45) is 0.790. The number of nitrogens with two attached hydrogens (primary N) is 1. The zero-order valence-electron chi connectivity index (χ0n) is 12.0. The van der Waals surface area contributed by atoms with Gasteiger partial charge in [0.2, 0.25) is 5.91 Å². The summed E-state index contributed by atoms with van der Waals surface area (Å²) in [4.78, 5) is 27.3. The van der Waals surface area contributed by atoms with Crippen molar-refractivity contribution in [2.75, 3.05) is 32.9 Å². The minimum Gasteiger partial charge on any atom is -0.398 e. The van der Waals surface area contributed by atoms with E-state index in [1.165, 1.54) is 4.90 Å². The van der Waals surface area contributed by atoms with Gasteiger partial charge < -0.3 is 15.5 Å². The van der Waals surface area contributed by atoms with Crippen LogP contribution < -0.4 is 5.73 Å². The van der Waals surface area contributed by atoms with Gasteiger partial charge in [-0.15, -0.1) is 0 Å². The Bertz CT molecular complexity index is 503. The van der Waals surface area contributed by atoms with Crippen LogP contribution in [0.25, 0.3) is 0 Å². The molecule has 1 rings (SSSR count). The number of nitrogen functional groups attached to an aromatic ring is 1. The number of carbonyl (C=O) groups excluding carboxylic acids is 2. The Labute approximate surface area is 127 Å². The number of halogens is 1. The van der Waals surface area contributed by atoms with Gasteiger partial charge in [0.15, 0.2) is 0 Å². The molecule has 0 saturated carbocycles. The summed E-state index contributed by atoms with van der Waals surface area (Å²) >= 11 is 3.29. The van der Waals surface area contributed by atoms with Crippen LogP contribution in [0.3, 0.4) is 0 Å². The number of hydrogen-bond donors (Lipinski definition) is 1. The van der Waals surface area contributed by atoms with Crippen LogP contribution in [0.15, 0.2) is 22.7 Å². The van der Waals surface area contributed by atoms with Crippen LogP contribution >= 0.6 is 15.9 Å². The second-order valence-corrected chi connectivity index (χ2v) is 5.61. The molecule has 0 spiro atoms. The van der Waals surface area contributed by atoms with Gasteiger partial charge in [0, 0.05) is 36.4 Å². The Morgan fingerprint density at radius 1 is 1.30 bits per heavy atom. The van der Waals surface area contributed by atoms with Crippen LogP contribution in [0.1, 0.15) is 23.7 Å². The Morgan fingerprint density at radius 2 is 1.95 bits per heavy atom. The highest BCUT2D eigenvalue weighted by Crippen LogP contribution is 2.21. The quantitative estimate of drug-likeness (QED) is 0.832. The molecule has 0 aliphatic rings. The van der Waals surface area contributed by atoms with E-state index in [1.54, 1.807) is 37.2 Å². The van der Waals surface area contributed by atoms with Crippen molar-refractivity contribution in [2.45, 2.75) is 13.3 Å². The molecule has 2 N–H and O–H groups in total. The van der Waals surface area contributed by atoms with Crippen LogP contribution in [-0.4, -0.2) is 48.8 Å². The molecule has 0 aliphatic heterocycles. The summed E-state index contributed by atoms with van der Waals surface area (Å²) in [7, 11) is 3.35. The maximum atomic E-state index is 12.4. The monoisotopic (exact) mass is 341 g/mol. The van der Waals surface area contributed by atoms with Crippen LogP contribution in [0.2, 0.25) is 0 Å². The first kappa shape index (κ1) is 16.5. The Hall–Kier alpha value is -1.56. The van der Waals surface area contributed by atoms with E-state index in [-0.39, 0.29) is 18.4 Å². The first-order valence-corrected chi connectivity index (χ1v) is 7.20. The molecular formula is C14H20BrN3O2. The highest BCUT2D eigenvalue weighted by molar-refractivity contribution is 9.10. The molecule has 1 aromatic rings. The van der Waals surface area contributed by atoms with Crippen molar-refractivity contribution < 1.29 is 9.59 Å². The van der Waals surface area contributed by atoms with E-state index < -0.39 is 0 Å². The lowest BCUT2D eigenvalue weighted by atomic mass is 10.1. The van der Waals surface area contributed by atoms with Crippen molar-refractivity contribution in [1.82, 2.24) is 9.80 Å². The van der Waals surface area contributed by atoms with Gasteiger partial charge in [0.25, 0.3) is 5.91 Å². The molecule has 6 heteroatoms. The molecule has 0 aliphatic carbocycles. The van der Waals surface area contributed by atoms with Crippen molar-refractivity contribution in [1.29, 1.82) is 0 Å². The minimum absolute atomic E-state index is 0.0790. The smallest absolute Gasteiger partial charge is 0.254 e. The molecular weight excluding hydrogens is 322 g/mol. The summed E-state index contributed by atoms with van der Waals surface area (Å²) in [5.74, 6) is -0.280. The van der Waals surface area contributed by atoms with E-state index in [1.807, 2.05) is 6.92 Å². The van der Waals surface area contributed by atoms with Gasteiger partial charge in [-0.2, -0.15) is 0 Å². The van der Waals surface area contributed by atoms with Crippen molar-refractivity contribution in [2.24, 2.45) is 0 Å². The van der Waals surface area contributed by atoms with Crippen LogP contribution in [0, 0.1) is 0 Å². The number of hydrogen-bond acceptors (Lipinski definition) is 3. The first-order valence-electron chi connectivity index (χ1n) is 6.41. The number of anilines is 1. The van der Waals surface area contributed by atoms with E-state index in [4.69, 9.17) is 5.73 Å². The number of nitrogens with zero attached hydrogens (tertiary/aromatic N) is 2. The summed E-state index contributed by atoms with van der Waals surface area (Å²) in [6.45, 7) is 2.58. The van der Waals surface area contributed by atoms with Gasteiger partial charge in [-0.05, 0) is 40.5 Å². The average molecular weight is 342 g/mol. The highest BCUT2D eigenvalue weighted by Gasteiger charge is 2.19. The van der Waals surface area contributed by atoms with Crippen molar-refractivity contribution in [3.8, 4) is 0 Å². The number of rotatable bonds is 5. The molecule has 0 radical (unpaired) electrons. The maximum absolute atomic E-state index is 12.4. The third-order valence-electron chi connectivity index (χ3n) is 2.85. The van der Waals surface area contributed by atoms with Crippen molar-refractivity contribution >= 4 is 33.4 Å². The SMILES string of the molecule is CCCN(CC(=O)N(C)C)C(=O)c1ccc(Br)c(N)c1. The molecule has 20 heavy (non-hydrogen) atoms. The zero-order chi connectivity index (χ0) is 15.3. The number of amides is 2. The summed E-state index contributed by atoms with van der Waals surface area (Å²) in [5, 5.41) is 0. The van der Waals surface area contributed by atoms with E-state index >= 15 is 0 Å². The Kier molecular flexibility index (Phi) is 6.01. The summed E-state index contributed by atoms with van der Waals surface area (Å²) < 4.78 is 0.750. The third kappa shape index (κ3) is 4.23. The number of carbonyl (C=O) groups is 2. The molecule has 0 atom stereocenters. The van der Waals surface area contributed by atoms with Crippen LogP contribution in [0.5, 0.6) is 0 Å².